The first-order valence-corrected chi connectivity index (χ1v) is 11.0. The Morgan fingerprint density at radius 2 is 1.81 bits per heavy atom. The lowest BCUT2D eigenvalue weighted by Crippen LogP contribution is -2.34. The Labute approximate surface area is 190 Å². The number of likely N-dealkylation sites (tertiary alicyclic amines) is 1. The van der Waals surface area contributed by atoms with Gasteiger partial charge in [-0.25, -0.2) is 9.97 Å². The minimum Gasteiger partial charge on any atom is -0.496 e. The molecule has 168 valence electrons. The predicted molar refractivity (Wildman–Crippen MR) is 126 cm³/mol. The van der Waals surface area contributed by atoms with E-state index in [1.54, 1.807) is 14.2 Å². The van der Waals surface area contributed by atoms with Crippen molar-refractivity contribution in [3.63, 3.8) is 0 Å². The van der Waals surface area contributed by atoms with E-state index in [9.17, 15) is 0 Å². The van der Waals surface area contributed by atoms with Crippen molar-refractivity contribution in [2.45, 2.75) is 31.8 Å². The van der Waals surface area contributed by atoms with Crippen molar-refractivity contribution >= 4 is 5.95 Å². The number of pyridine rings is 1. The van der Waals surface area contributed by atoms with E-state index in [1.807, 2.05) is 61.9 Å². The zero-order valence-electron chi connectivity index (χ0n) is 19.3. The van der Waals surface area contributed by atoms with Crippen LogP contribution in [0.15, 0.2) is 48.9 Å². The van der Waals surface area contributed by atoms with Crippen molar-refractivity contribution in [3.8, 4) is 22.6 Å². The van der Waals surface area contributed by atoms with Gasteiger partial charge in [0, 0.05) is 44.8 Å². The van der Waals surface area contributed by atoms with Crippen LogP contribution in [0, 0.1) is 0 Å². The fourth-order valence-electron chi connectivity index (χ4n) is 4.38. The van der Waals surface area contributed by atoms with E-state index in [0.29, 0.717) is 5.95 Å². The van der Waals surface area contributed by atoms with Crippen LogP contribution in [0.5, 0.6) is 11.5 Å². The number of methoxy groups -OCH3 is 2. The summed E-state index contributed by atoms with van der Waals surface area (Å²) in [5.74, 6) is 2.20. The van der Waals surface area contributed by atoms with Gasteiger partial charge in [0.05, 0.1) is 31.5 Å². The smallest absolute Gasteiger partial charge is 0.225 e. The van der Waals surface area contributed by atoms with Gasteiger partial charge >= 0.3 is 0 Å². The quantitative estimate of drug-likeness (QED) is 0.549. The van der Waals surface area contributed by atoms with Crippen molar-refractivity contribution in [3.05, 3.63) is 60.2 Å². The third kappa shape index (κ3) is 4.53. The fourth-order valence-corrected chi connectivity index (χ4v) is 4.38. The van der Waals surface area contributed by atoms with Crippen LogP contribution in [0.2, 0.25) is 0 Å². The normalized spacial score (nSPS) is 16.6. The van der Waals surface area contributed by atoms with Crippen LogP contribution in [-0.2, 0) is 6.54 Å². The third-order valence-corrected chi connectivity index (χ3v) is 5.94. The van der Waals surface area contributed by atoms with E-state index in [0.717, 1.165) is 54.3 Å². The van der Waals surface area contributed by atoms with E-state index < -0.39 is 0 Å². The molecule has 3 aromatic rings. The topological polar surface area (TPSA) is 63.6 Å². The van der Waals surface area contributed by atoms with Crippen LogP contribution >= 0.6 is 0 Å². The van der Waals surface area contributed by atoms with Gasteiger partial charge in [-0.3, -0.25) is 9.88 Å². The maximum absolute atomic E-state index is 5.72. The molecular weight excluding hydrogens is 402 g/mol. The molecule has 1 aromatic carbocycles. The molecule has 0 N–H and O–H groups in total. The average Bonchev–Trinajstić information content (AvgIpc) is 2.84. The monoisotopic (exact) mass is 433 g/mol. The lowest BCUT2D eigenvalue weighted by molar-refractivity contribution is 0.137. The molecule has 2 aromatic heterocycles. The summed E-state index contributed by atoms with van der Waals surface area (Å²) in [5, 5.41) is 0. The third-order valence-electron chi connectivity index (χ3n) is 5.94. The van der Waals surface area contributed by atoms with E-state index in [4.69, 9.17) is 14.5 Å². The van der Waals surface area contributed by atoms with Gasteiger partial charge < -0.3 is 14.4 Å². The number of hydrogen-bond donors (Lipinski definition) is 0. The number of nitrogens with zero attached hydrogens (tertiary/aromatic N) is 5. The summed E-state index contributed by atoms with van der Waals surface area (Å²) in [6, 6.07) is 10.1. The van der Waals surface area contributed by atoms with E-state index in [2.05, 4.69) is 20.9 Å². The Kier molecular flexibility index (Phi) is 6.85. The molecule has 1 aliphatic rings. The number of piperidine rings is 1. The molecule has 1 aliphatic heterocycles. The molecular formula is C25H31N5O2. The molecule has 1 saturated heterocycles. The fraction of sp³-hybridized carbons (Fsp3) is 0.400. The van der Waals surface area contributed by atoms with Crippen LogP contribution in [0.3, 0.4) is 0 Å². The van der Waals surface area contributed by atoms with Crippen molar-refractivity contribution in [1.82, 2.24) is 19.9 Å². The van der Waals surface area contributed by atoms with Crippen LogP contribution in [0.25, 0.3) is 11.1 Å². The number of anilines is 1. The summed E-state index contributed by atoms with van der Waals surface area (Å²) in [6.07, 6.45) is 9.05. The molecule has 7 nitrogen and oxygen atoms in total. The molecule has 0 radical (unpaired) electrons. The van der Waals surface area contributed by atoms with Crippen molar-refractivity contribution in [1.29, 1.82) is 0 Å². The molecule has 1 fully saturated rings. The second-order valence-corrected chi connectivity index (χ2v) is 8.24. The number of ether oxygens (including phenoxy) is 2. The Morgan fingerprint density at radius 3 is 2.47 bits per heavy atom. The van der Waals surface area contributed by atoms with Gasteiger partial charge in [-0.05, 0) is 43.1 Å². The Morgan fingerprint density at radius 1 is 1.03 bits per heavy atom. The molecule has 0 unspecified atom stereocenters. The molecule has 7 heteroatoms. The first-order valence-electron chi connectivity index (χ1n) is 11.0. The minimum atomic E-state index is 0.162. The Hall–Kier alpha value is -3.19. The van der Waals surface area contributed by atoms with Gasteiger partial charge in [0.25, 0.3) is 0 Å². The lowest BCUT2D eigenvalue weighted by Gasteiger charge is -2.36. The summed E-state index contributed by atoms with van der Waals surface area (Å²) in [5.41, 5.74) is 4.06. The highest BCUT2D eigenvalue weighted by Crippen LogP contribution is 2.43. The molecule has 4 rings (SSSR count). The zero-order valence-corrected chi connectivity index (χ0v) is 19.3. The van der Waals surface area contributed by atoms with Gasteiger partial charge in [-0.2, -0.15) is 0 Å². The van der Waals surface area contributed by atoms with Gasteiger partial charge in [0.15, 0.2) is 0 Å². The average molecular weight is 434 g/mol. The molecule has 3 heterocycles. The highest BCUT2D eigenvalue weighted by atomic mass is 16.5. The maximum atomic E-state index is 5.72. The van der Waals surface area contributed by atoms with Gasteiger partial charge in [-0.15, -0.1) is 0 Å². The zero-order chi connectivity index (χ0) is 22.5. The van der Waals surface area contributed by atoms with Crippen molar-refractivity contribution < 1.29 is 9.47 Å². The molecule has 0 bridgehead atoms. The predicted octanol–water partition coefficient (Wildman–Crippen LogP) is 4.35. The molecule has 0 aliphatic carbocycles. The van der Waals surface area contributed by atoms with Crippen LogP contribution in [0.1, 0.15) is 36.6 Å². The molecule has 1 atom stereocenters. The highest BCUT2D eigenvalue weighted by Gasteiger charge is 2.30. The standard InChI is InChI=1S/C25H31N5O2/c1-29(2)25-27-16-19(23-21(31-3)11-7-12-22(23)32-4)24(28-25)20-10-5-6-14-30(20)17-18-9-8-13-26-15-18/h7-9,11-13,15-16,20H,5-6,10,14,17H2,1-4H3/t20-/m1/s1. The highest BCUT2D eigenvalue weighted by molar-refractivity contribution is 5.78. The summed E-state index contributed by atoms with van der Waals surface area (Å²) in [4.78, 5) is 18.5. The first kappa shape index (κ1) is 22.0. The number of rotatable bonds is 7. The van der Waals surface area contributed by atoms with Crippen LogP contribution in [0.4, 0.5) is 5.95 Å². The first-order chi connectivity index (χ1) is 15.6. The van der Waals surface area contributed by atoms with Crippen LogP contribution < -0.4 is 14.4 Å². The SMILES string of the molecule is COc1cccc(OC)c1-c1cnc(N(C)C)nc1[C@H]1CCCCN1Cc1cccnc1. The largest absolute Gasteiger partial charge is 0.496 e. The second-order valence-electron chi connectivity index (χ2n) is 8.24. The summed E-state index contributed by atoms with van der Waals surface area (Å²) in [6.45, 7) is 1.85. The Bertz CT molecular complexity index is 1020. The lowest BCUT2D eigenvalue weighted by atomic mass is 9.92. The molecule has 32 heavy (non-hydrogen) atoms. The second kappa shape index (κ2) is 9.96. The Balaban J connectivity index is 1.84. The molecule has 0 spiro atoms. The summed E-state index contributed by atoms with van der Waals surface area (Å²) < 4.78 is 11.4. The van der Waals surface area contributed by atoms with E-state index in [1.165, 1.54) is 12.0 Å². The van der Waals surface area contributed by atoms with Crippen molar-refractivity contribution in [2.75, 3.05) is 39.8 Å². The van der Waals surface area contributed by atoms with Gasteiger partial charge in [0.1, 0.15) is 11.5 Å². The molecule has 0 saturated carbocycles. The van der Waals surface area contributed by atoms with Crippen molar-refractivity contribution in [2.24, 2.45) is 0 Å². The van der Waals surface area contributed by atoms with E-state index >= 15 is 0 Å². The summed E-state index contributed by atoms with van der Waals surface area (Å²) >= 11 is 0. The van der Waals surface area contributed by atoms with E-state index in [-0.39, 0.29) is 6.04 Å². The maximum Gasteiger partial charge on any atom is 0.225 e. The minimum absolute atomic E-state index is 0.162. The number of aromatic nitrogens is 3. The van der Waals surface area contributed by atoms with Crippen LogP contribution in [-0.4, -0.2) is 54.7 Å². The number of hydrogen-bond acceptors (Lipinski definition) is 7. The van der Waals surface area contributed by atoms with Gasteiger partial charge in [0.2, 0.25) is 5.95 Å². The molecule has 0 amide bonds. The summed E-state index contributed by atoms with van der Waals surface area (Å²) in [7, 11) is 7.30. The van der Waals surface area contributed by atoms with Gasteiger partial charge in [-0.1, -0.05) is 18.6 Å². The number of benzene rings is 1.